The first-order chi connectivity index (χ1) is 8.93. The molecule has 0 spiro atoms. The number of halogens is 1. The minimum atomic E-state index is -0.892. The molecule has 0 aliphatic rings. The van der Waals surface area contributed by atoms with Crippen molar-refractivity contribution in [3.8, 4) is 0 Å². The van der Waals surface area contributed by atoms with Crippen molar-refractivity contribution >= 4 is 23.5 Å². The molecule has 5 heteroatoms. The standard InChI is InChI=1S/C14H17ClO4/c1-9(2)7-12(14(17)18-3)19-13(16)10-5-4-6-11(15)8-10/h4-6,8-9,12H,7H2,1-3H3. The Bertz CT molecular complexity index is 457. The Labute approximate surface area is 117 Å². The summed E-state index contributed by atoms with van der Waals surface area (Å²) in [5.41, 5.74) is 0.310. The summed E-state index contributed by atoms with van der Waals surface area (Å²) in [4.78, 5) is 23.5. The van der Waals surface area contributed by atoms with Gasteiger partial charge in [-0.05, 0) is 30.5 Å². The molecule has 0 heterocycles. The smallest absolute Gasteiger partial charge is 0.347 e. The van der Waals surface area contributed by atoms with E-state index in [1.165, 1.54) is 13.2 Å². The van der Waals surface area contributed by atoms with E-state index in [9.17, 15) is 9.59 Å². The van der Waals surface area contributed by atoms with Crippen molar-refractivity contribution in [2.45, 2.75) is 26.4 Å². The molecule has 0 aliphatic carbocycles. The van der Waals surface area contributed by atoms with Crippen LogP contribution in [0, 0.1) is 5.92 Å². The highest BCUT2D eigenvalue weighted by Gasteiger charge is 2.25. The average molecular weight is 285 g/mol. The van der Waals surface area contributed by atoms with Crippen LogP contribution in [0.15, 0.2) is 24.3 Å². The molecule has 0 aromatic heterocycles. The van der Waals surface area contributed by atoms with E-state index in [2.05, 4.69) is 4.74 Å². The first kappa shape index (κ1) is 15.5. The molecule has 0 N–H and O–H groups in total. The zero-order valence-electron chi connectivity index (χ0n) is 11.2. The van der Waals surface area contributed by atoms with Crippen LogP contribution in [0.4, 0.5) is 0 Å². The van der Waals surface area contributed by atoms with Gasteiger partial charge in [0, 0.05) is 5.02 Å². The Hall–Kier alpha value is -1.55. The predicted molar refractivity (Wildman–Crippen MR) is 72.1 cm³/mol. The molecule has 1 unspecified atom stereocenters. The Morgan fingerprint density at radius 1 is 1.32 bits per heavy atom. The van der Waals surface area contributed by atoms with Gasteiger partial charge in [-0.25, -0.2) is 9.59 Å². The van der Waals surface area contributed by atoms with E-state index >= 15 is 0 Å². The lowest BCUT2D eigenvalue weighted by Crippen LogP contribution is -2.29. The molecule has 0 aliphatic heterocycles. The third-order valence-corrected chi connectivity index (χ3v) is 2.69. The second-order valence-corrected chi connectivity index (χ2v) is 4.99. The summed E-state index contributed by atoms with van der Waals surface area (Å²) < 4.78 is 9.81. The highest BCUT2D eigenvalue weighted by atomic mass is 35.5. The SMILES string of the molecule is COC(=O)C(CC(C)C)OC(=O)c1cccc(Cl)c1. The van der Waals surface area contributed by atoms with Crippen molar-refractivity contribution in [2.24, 2.45) is 5.92 Å². The van der Waals surface area contributed by atoms with E-state index in [-0.39, 0.29) is 5.92 Å². The van der Waals surface area contributed by atoms with Crippen molar-refractivity contribution in [3.05, 3.63) is 34.9 Å². The van der Waals surface area contributed by atoms with Gasteiger partial charge in [0.05, 0.1) is 12.7 Å². The minimum Gasteiger partial charge on any atom is -0.466 e. The number of esters is 2. The fourth-order valence-electron chi connectivity index (χ4n) is 1.56. The largest absolute Gasteiger partial charge is 0.466 e. The molecule has 0 amide bonds. The van der Waals surface area contributed by atoms with Crippen molar-refractivity contribution in [2.75, 3.05) is 7.11 Å². The van der Waals surface area contributed by atoms with Crippen LogP contribution in [-0.4, -0.2) is 25.2 Å². The summed E-state index contributed by atoms with van der Waals surface area (Å²) in [7, 11) is 1.27. The molecule has 0 radical (unpaired) electrons. The molecule has 1 rings (SSSR count). The molecule has 1 atom stereocenters. The fourth-order valence-corrected chi connectivity index (χ4v) is 1.76. The maximum absolute atomic E-state index is 11.9. The van der Waals surface area contributed by atoms with Crippen molar-refractivity contribution < 1.29 is 19.1 Å². The van der Waals surface area contributed by atoms with Gasteiger partial charge < -0.3 is 9.47 Å². The number of methoxy groups -OCH3 is 1. The lowest BCUT2D eigenvalue weighted by Gasteiger charge is -2.17. The number of benzene rings is 1. The molecular formula is C14H17ClO4. The number of carbonyl (C=O) groups is 2. The van der Waals surface area contributed by atoms with Crippen molar-refractivity contribution in [1.82, 2.24) is 0 Å². The minimum absolute atomic E-state index is 0.205. The molecular weight excluding hydrogens is 268 g/mol. The molecule has 0 fully saturated rings. The van der Waals surface area contributed by atoms with Gasteiger partial charge >= 0.3 is 11.9 Å². The highest BCUT2D eigenvalue weighted by molar-refractivity contribution is 6.30. The van der Waals surface area contributed by atoms with E-state index in [1.807, 2.05) is 13.8 Å². The van der Waals surface area contributed by atoms with Crippen LogP contribution in [0.1, 0.15) is 30.6 Å². The highest BCUT2D eigenvalue weighted by Crippen LogP contribution is 2.15. The molecule has 1 aromatic carbocycles. The average Bonchev–Trinajstić information content (AvgIpc) is 2.36. The van der Waals surface area contributed by atoms with Crippen LogP contribution >= 0.6 is 11.6 Å². The maximum atomic E-state index is 11.9. The summed E-state index contributed by atoms with van der Waals surface area (Å²) in [6, 6.07) is 6.38. The molecule has 19 heavy (non-hydrogen) atoms. The molecule has 0 saturated heterocycles. The van der Waals surface area contributed by atoms with Gasteiger partial charge in [-0.2, -0.15) is 0 Å². The van der Waals surface area contributed by atoms with E-state index in [1.54, 1.807) is 18.2 Å². The van der Waals surface area contributed by atoms with E-state index < -0.39 is 18.0 Å². The van der Waals surface area contributed by atoms with Gasteiger partial charge in [0.2, 0.25) is 0 Å². The summed E-state index contributed by atoms with van der Waals surface area (Å²) in [6.07, 6.45) is -0.476. The molecule has 0 bridgehead atoms. The third kappa shape index (κ3) is 4.91. The van der Waals surface area contributed by atoms with Crippen LogP contribution in [0.5, 0.6) is 0 Å². The topological polar surface area (TPSA) is 52.6 Å². The quantitative estimate of drug-likeness (QED) is 0.780. The van der Waals surface area contributed by atoms with Crippen LogP contribution in [-0.2, 0) is 14.3 Å². The van der Waals surface area contributed by atoms with Crippen molar-refractivity contribution in [3.63, 3.8) is 0 Å². The van der Waals surface area contributed by atoms with Crippen LogP contribution in [0.2, 0.25) is 5.02 Å². The molecule has 4 nitrogen and oxygen atoms in total. The maximum Gasteiger partial charge on any atom is 0.347 e. The molecule has 0 saturated carbocycles. The normalized spacial score (nSPS) is 12.1. The monoisotopic (exact) mass is 284 g/mol. The lowest BCUT2D eigenvalue weighted by atomic mass is 10.1. The Morgan fingerprint density at radius 3 is 2.53 bits per heavy atom. The number of carbonyl (C=O) groups excluding carboxylic acids is 2. The van der Waals surface area contributed by atoms with Gasteiger partial charge in [0.25, 0.3) is 0 Å². The zero-order chi connectivity index (χ0) is 14.4. The molecule has 104 valence electrons. The van der Waals surface area contributed by atoms with Gasteiger partial charge in [-0.15, -0.1) is 0 Å². The number of hydrogen-bond donors (Lipinski definition) is 0. The third-order valence-electron chi connectivity index (χ3n) is 2.46. The summed E-state index contributed by atoms with van der Waals surface area (Å²) in [5.74, 6) is -0.932. The Balaban J connectivity index is 2.78. The molecule has 1 aromatic rings. The zero-order valence-corrected chi connectivity index (χ0v) is 11.9. The second-order valence-electron chi connectivity index (χ2n) is 4.56. The van der Waals surface area contributed by atoms with E-state index in [0.717, 1.165) is 0 Å². The summed E-state index contributed by atoms with van der Waals surface area (Å²) in [5, 5.41) is 0.438. The number of ether oxygens (including phenoxy) is 2. The Kier molecular flexibility index (Phi) is 5.83. The second kappa shape index (κ2) is 7.14. The summed E-state index contributed by atoms with van der Waals surface area (Å²) in [6.45, 7) is 3.87. The van der Waals surface area contributed by atoms with Gasteiger partial charge in [0.15, 0.2) is 6.10 Å². The van der Waals surface area contributed by atoms with Gasteiger partial charge in [-0.3, -0.25) is 0 Å². The van der Waals surface area contributed by atoms with E-state index in [4.69, 9.17) is 16.3 Å². The Morgan fingerprint density at radius 2 is 2.00 bits per heavy atom. The number of rotatable bonds is 5. The van der Waals surface area contributed by atoms with Crippen LogP contribution in [0.3, 0.4) is 0 Å². The van der Waals surface area contributed by atoms with Crippen molar-refractivity contribution in [1.29, 1.82) is 0 Å². The van der Waals surface area contributed by atoms with Crippen LogP contribution in [0.25, 0.3) is 0 Å². The predicted octanol–water partition coefficient (Wildman–Crippen LogP) is 3.08. The van der Waals surface area contributed by atoms with Gasteiger partial charge in [0.1, 0.15) is 0 Å². The lowest BCUT2D eigenvalue weighted by molar-refractivity contribution is -0.151. The summed E-state index contributed by atoms with van der Waals surface area (Å²) >= 11 is 5.80. The first-order valence-corrected chi connectivity index (χ1v) is 6.36. The van der Waals surface area contributed by atoms with Crippen LogP contribution < -0.4 is 0 Å². The van der Waals surface area contributed by atoms with E-state index in [0.29, 0.717) is 17.0 Å². The van der Waals surface area contributed by atoms with Gasteiger partial charge in [-0.1, -0.05) is 31.5 Å². The fraction of sp³-hybridized carbons (Fsp3) is 0.429. The first-order valence-electron chi connectivity index (χ1n) is 5.98. The number of hydrogen-bond acceptors (Lipinski definition) is 4.